The molecule has 0 aromatic heterocycles. The van der Waals surface area contributed by atoms with Gasteiger partial charge < -0.3 is 5.11 Å². The number of carboxylic acids is 1. The molecule has 82 valence electrons. The summed E-state index contributed by atoms with van der Waals surface area (Å²) in [5.41, 5.74) is 0.335. The molecule has 0 saturated carbocycles. The number of benzene rings is 1. The Labute approximate surface area is 94.0 Å². The second-order valence-electron chi connectivity index (χ2n) is 3.09. The molecule has 15 heavy (non-hydrogen) atoms. The zero-order valence-electron chi connectivity index (χ0n) is 7.66. The van der Waals surface area contributed by atoms with Gasteiger partial charge in [0.05, 0.1) is 12.3 Å². The summed E-state index contributed by atoms with van der Waals surface area (Å²) in [6.07, 6.45) is -3.23. The fraction of sp³-hybridized carbons (Fsp3) is 0.300. The van der Waals surface area contributed by atoms with Gasteiger partial charge in [-0.1, -0.05) is 28.1 Å². The highest BCUT2D eigenvalue weighted by atomic mass is 79.9. The van der Waals surface area contributed by atoms with Crippen molar-refractivity contribution >= 4 is 21.9 Å². The van der Waals surface area contributed by atoms with E-state index in [4.69, 9.17) is 5.11 Å². The number of aliphatic carboxylic acids is 1. The van der Waals surface area contributed by atoms with Gasteiger partial charge in [-0.05, 0) is 17.7 Å². The van der Waals surface area contributed by atoms with Crippen LogP contribution in [0.25, 0.3) is 0 Å². The van der Waals surface area contributed by atoms with E-state index in [1.165, 1.54) is 12.1 Å². The van der Waals surface area contributed by atoms with Crippen LogP contribution in [-0.4, -0.2) is 17.5 Å². The molecule has 1 aromatic carbocycles. The molecule has 0 aliphatic carbocycles. The number of rotatable bonds is 4. The number of alkyl halides is 2. The Morgan fingerprint density at radius 1 is 1.47 bits per heavy atom. The molecule has 0 bridgehead atoms. The summed E-state index contributed by atoms with van der Waals surface area (Å²) in [6, 6.07) is 6.33. The minimum atomic E-state index is -2.67. The molecule has 1 rings (SSSR count). The van der Waals surface area contributed by atoms with Gasteiger partial charge >= 0.3 is 5.97 Å². The van der Waals surface area contributed by atoms with Crippen molar-refractivity contribution in [1.29, 1.82) is 0 Å². The van der Waals surface area contributed by atoms with Crippen LogP contribution in [0.15, 0.2) is 28.7 Å². The van der Waals surface area contributed by atoms with Crippen LogP contribution in [0.2, 0.25) is 0 Å². The van der Waals surface area contributed by atoms with E-state index in [1.807, 2.05) is 0 Å². The lowest BCUT2D eigenvalue weighted by Gasteiger charge is -2.14. The van der Waals surface area contributed by atoms with Gasteiger partial charge in [-0.2, -0.15) is 0 Å². The Morgan fingerprint density at radius 3 is 2.60 bits per heavy atom. The predicted molar refractivity (Wildman–Crippen MR) is 55.1 cm³/mol. The Balaban J connectivity index is 2.93. The van der Waals surface area contributed by atoms with Gasteiger partial charge in [0.2, 0.25) is 6.43 Å². The fourth-order valence-electron chi connectivity index (χ4n) is 1.28. The SMILES string of the molecule is O=C(O)CC(c1cccc(Br)c1)C(F)F. The molecule has 0 aliphatic rings. The van der Waals surface area contributed by atoms with E-state index in [-0.39, 0.29) is 0 Å². The summed E-state index contributed by atoms with van der Waals surface area (Å²) < 4.78 is 25.9. The summed E-state index contributed by atoms with van der Waals surface area (Å²) in [6.45, 7) is 0. The van der Waals surface area contributed by atoms with Crippen LogP contribution in [0.5, 0.6) is 0 Å². The van der Waals surface area contributed by atoms with Crippen molar-refractivity contribution in [2.24, 2.45) is 0 Å². The predicted octanol–water partition coefficient (Wildman–Crippen LogP) is 3.27. The van der Waals surface area contributed by atoms with Crippen LogP contribution in [0, 0.1) is 0 Å². The largest absolute Gasteiger partial charge is 0.481 e. The third-order valence-corrected chi connectivity index (χ3v) is 2.47. The minimum Gasteiger partial charge on any atom is -0.481 e. The number of hydrogen-bond donors (Lipinski definition) is 1. The topological polar surface area (TPSA) is 37.3 Å². The number of carboxylic acid groups (broad SMARTS) is 1. The molecule has 0 saturated heterocycles. The van der Waals surface area contributed by atoms with Crippen LogP contribution >= 0.6 is 15.9 Å². The van der Waals surface area contributed by atoms with Gasteiger partial charge in [0, 0.05) is 4.47 Å². The second kappa shape index (κ2) is 5.21. The zero-order chi connectivity index (χ0) is 11.4. The molecule has 0 amide bonds. The molecule has 0 heterocycles. The summed E-state index contributed by atoms with van der Waals surface area (Å²) in [7, 11) is 0. The van der Waals surface area contributed by atoms with Crippen LogP contribution in [0.4, 0.5) is 8.78 Å². The Bertz CT molecular complexity index is 355. The first kappa shape index (κ1) is 12.1. The Kier molecular flexibility index (Phi) is 4.20. The van der Waals surface area contributed by atoms with E-state index in [0.717, 1.165) is 0 Å². The molecule has 0 aliphatic heterocycles. The molecule has 0 spiro atoms. The highest BCUT2D eigenvalue weighted by Gasteiger charge is 2.25. The van der Waals surface area contributed by atoms with Crippen LogP contribution in [0.3, 0.4) is 0 Å². The normalized spacial score (nSPS) is 12.8. The average molecular weight is 279 g/mol. The van der Waals surface area contributed by atoms with E-state index in [2.05, 4.69) is 15.9 Å². The molecular formula is C10H9BrF2O2. The van der Waals surface area contributed by atoms with Crippen molar-refractivity contribution in [3.8, 4) is 0 Å². The molecule has 1 aromatic rings. The van der Waals surface area contributed by atoms with E-state index in [0.29, 0.717) is 10.0 Å². The molecular weight excluding hydrogens is 270 g/mol. The van der Waals surface area contributed by atoms with Gasteiger partial charge in [0.25, 0.3) is 0 Å². The van der Waals surface area contributed by atoms with Crippen molar-refractivity contribution < 1.29 is 18.7 Å². The average Bonchev–Trinajstić information content (AvgIpc) is 2.13. The second-order valence-corrected chi connectivity index (χ2v) is 4.01. The van der Waals surface area contributed by atoms with Gasteiger partial charge in [0.15, 0.2) is 0 Å². The van der Waals surface area contributed by atoms with Crippen LogP contribution < -0.4 is 0 Å². The number of hydrogen-bond acceptors (Lipinski definition) is 1. The fourth-order valence-corrected chi connectivity index (χ4v) is 1.69. The van der Waals surface area contributed by atoms with E-state index < -0.39 is 24.7 Å². The quantitative estimate of drug-likeness (QED) is 0.918. The van der Waals surface area contributed by atoms with Gasteiger partial charge in [-0.3, -0.25) is 4.79 Å². The molecule has 5 heteroatoms. The van der Waals surface area contributed by atoms with E-state index >= 15 is 0 Å². The first-order chi connectivity index (χ1) is 7.00. The van der Waals surface area contributed by atoms with Gasteiger partial charge in [0.1, 0.15) is 0 Å². The lowest BCUT2D eigenvalue weighted by Crippen LogP contribution is -2.14. The highest BCUT2D eigenvalue weighted by molar-refractivity contribution is 9.10. The summed E-state index contributed by atoms with van der Waals surface area (Å²) in [4.78, 5) is 10.4. The Morgan fingerprint density at radius 2 is 2.13 bits per heavy atom. The molecule has 1 unspecified atom stereocenters. The van der Waals surface area contributed by atoms with Crippen LogP contribution in [-0.2, 0) is 4.79 Å². The maximum atomic E-state index is 12.6. The molecule has 0 fully saturated rings. The molecule has 1 atom stereocenters. The van der Waals surface area contributed by atoms with Crippen molar-refractivity contribution in [2.75, 3.05) is 0 Å². The zero-order valence-corrected chi connectivity index (χ0v) is 9.25. The standard InChI is InChI=1S/C10H9BrF2O2/c11-7-3-1-2-6(4-7)8(10(12)13)5-9(14)15/h1-4,8,10H,5H2,(H,14,15). The first-order valence-electron chi connectivity index (χ1n) is 4.26. The molecule has 2 nitrogen and oxygen atoms in total. The smallest absolute Gasteiger partial charge is 0.304 e. The van der Waals surface area contributed by atoms with Crippen LogP contribution in [0.1, 0.15) is 17.9 Å². The third kappa shape index (κ3) is 3.58. The lowest BCUT2D eigenvalue weighted by atomic mass is 9.96. The summed E-state index contributed by atoms with van der Waals surface area (Å²) in [5, 5.41) is 8.52. The first-order valence-corrected chi connectivity index (χ1v) is 5.05. The Hall–Kier alpha value is -0.970. The molecule has 1 N–H and O–H groups in total. The van der Waals surface area contributed by atoms with Crippen molar-refractivity contribution in [1.82, 2.24) is 0 Å². The third-order valence-electron chi connectivity index (χ3n) is 1.98. The summed E-state index contributed by atoms with van der Waals surface area (Å²) in [5.74, 6) is -2.47. The van der Waals surface area contributed by atoms with E-state index in [1.54, 1.807) is 12.1 Å². The molecule has 0 radical (unpaired) electrons. The van der Waals surface area contributed by atoms with Crippen molar-refractivity contribution in [2.45, 2.75) is 18.8 Å². The maximum Gasteiger partial charge on any atom is 0.304 e. The number of halogens is 3. The van der Waals surface area contributed by atoms with Crippen molar-refractivity contribution in [3.63, 3.8) is 0 Å². The van der Waals surface area contributed by atoms with Gasteiger partial charge in [-0.15, -0.1) is 0 Å². The van der Waals surface area contributed by atoms with E-state index in [9.17, 15) is 13.6 Å². The highest BCUT2D eigenvalue weighted by Crippen LogP contribution is 2.28. The van der Waals surface area contributed by atoms with Crippen molar-refractivity contribution in [3.05, 3.63) is 34.3 Å². The summed E-state index contributed by atoms with van der Waals surface area (Å²) >= 11 is 3.15. The van der Waals surface area contributed by atoms with Gasteiger partial charge in [-0.25, -0.2) is 8.78 Å². The lowest BCUT2D eigenvalue weighted by molar-refractivity contribution is -0.138. The number of carbonyl (C=O) groups is 1. The minimum absolute atomic E-state index is 0.335. The monoisotopic (exact) mass is 278 g/mol. The maximum absolute atomic E-state index is 12.6.